The molecule has 2 aromatic rings. The van der Waals surface area contributed by atoms with Gasteiger partial charge < -0.3 is 16.0 Å². The van der Waals surface area contributed by atoms with Crippen LogP contribution in [0, 0.1) is 0 Å². The molecule has 27 heavy (non-hydrogen) atoms. The lowest BCUT2D eigenvalue weighted by Gasteiger charge is -2.33. The Bertz CT molecular complexity index is 917. The summed E-state index contributed by atoms with van der Waals surface area (Å²) in [6, 6.07) is 17.8. The number of nitrogens with one attached hydrogen (secondary N) is 1. The molecule has 0 amide bonds. The Balaban J connectivity index is 1.95. The van der Waals surface area contributed by atoms with Crippen molar-refractivity contribution < 1.29 is 0 Å². The minimum Gasteiger partial charge on any atom is -0.381 e. The molecule has 0 radical (unpaired) electrons. The monoisotopic (exact) mass is 359 g/mol. The summed E-state index contributed by atoms with van der Waals surface area (Å²) < 4.78 is 0. The number of anilines is 1. The molecule has 0 spiro atoms. The highest BCUT2D eigenvalue weighted by Gasteiger charge is 2.26. The molecule has 0 saturated heterocycles. The van der Waals surface area contributed by atoms with Crippen LogP contribution in [0.5, 0.6) is 0 Å². The van der Waals surface area contributed by atoms with Gasteiger partial charge in [0.05, 0.1) is 0 Å². The van der Waals surface area contributed by atoms with E-state index >= 15 is 0 Å². The Morgan fingerprint density at radius 3 is 2.44 bits per heavy atom. The predicted octanol–water partition coefficient (Wildman–Crippen LogP) is 4.90. The van der Waals surface area contributed by atoms with Crippen LogP contribution in [-0.4, -0.2) is 12.6 Å². The number of hydrogen-bond acceptors (Lipinski definition) is 3. The standard InChI is InChI=1S/C24H29N3/c1-16(14-25)26-24-17(2)21-9-6-7-11-23(21)27(18(3)19-12-13-19)15-20-8-4-5-10-22(20)24/h4-11,16,26H,12-15,25H2,1-3H3/b24-17+. The largest absolute Gasteiger partial charge is 0.381 e. The number of hydrogen-bond donors (Lipinski definition) is 2. The number of rotatable bonds is 4. The average molecular weight is 360 g/mol. The van der Waals surface area contributed by atoms with Gasteiger partial charge in [0.1, 0.15) is 0 Å². The van der Waals surface area contributed by atoms with E-state index in [-0.39, 0.29) is 6.04 Å². The van der Waals surface area contributed by atoms with Gasteiger partial charge in [0.15, 0.2) is 0 Å². The van der Waals surface area contributed by atoms with Gasteiger partial charge in [-0.05, 0) is 50.8 Å². The predicted molar refractivity (Wildman–Crippen MR) is 115 cm³/mol. The summed E-state index contributed by atoms with van der Waals surface area (Å²) in [6.07, 6.45) is 2.48. The summed E-state index contributed by atoms with van der Waals surface area (Å²) in [5.41, 5.74) is 16.6. The third kappa shape index (κ3) is 3.40. The number of para-hydroxylation sites is 1. The van der Waals surface area contributed by atoms with Crippen molar-refractivity contribution in [1.82, 2.24) is 5.32 Å². The molecule has 1 saturated carbocycles. The zero-order valence-corrected chi connectivity index (χ0v) is 16.5. The fourth-order valence-electron chi connectivity index (χ4n) is 3.93. The lowest BCUT2D eigenvalue weighted by molar-refractivity contribution is 0.660. The van der Waals surface area contributed by atoms with E-state index in [9.17, 15) is 0 Å². The molecule has 2 aromatic carbocycles. The first-order valence-electron chi connectivity index (χ1n) is 9.91. The van der Waals surface area contributed by atoms with E-state index in [4.69, 9.17) is 5.73 Å². The summed E-state index contributed by atoms with van der Waals surface area (Å²) in [6.45, 7) is 8.14. The van der Waals surface area contributed by atoms with Crippen LogP contribution in [0.4, 0.5) is 5.69 Å². The molecule has 1 fully saturated rings. The average Bonchev–Trinajstić information content (AvgIpc) is 3.54. The molecule has 3 nitrogen and oxygen atoms in total. The van der Waals surface area contributed by atoms with Crippen LogP contribution in [0.2, 0.25) is 0 Å². The second-order valence-electron chi connectivity index (χ2n) is 7.73. The van der Waals surface area contributed by atoms with E-state index < -0.39 is 0 Å². The highest BCUT2D eigenvalue weighted by molar-refractivity contribution is 5.94. The molecule has 0 bridgehead atoms. The minimum atomic E-state index is 0.223. The summed E-state index contributed by atoms with van der Waals surface area (Å²) in [5, 5.41) is 3.69. The zero-order chi connectivity index (χ0) is 19.0. The van der Waals surface area contributed by atoms with Gasteiger partial charge >= 0.3 is 0 Å². The zero-order valence-electron chi connectivity index (χ0n) is 16.5. The van der Waals surface area contributed by atoms with Crippen molar-refractivity contribution in [3.05, 3.63) is 76.5 Å². The molecule has 4 rings (SSSR count). The maximum absolute atomic E-state index is 5.92. The third-order valence-corrected chi connectivity index (χ3v) is 5.75. The molecule has 140 valence electrons. The Morgan fingerprint density at radius 1 is 1.07 bits per heavy atom. The number of nitrogens with zero attached hydrogens (tertiary/aromatic N) is 1. The lowest BCUT2D eigenvalue weighted by Crippen LogP contribution is -2.33. The van der Waals surface area contributed by atoms with Gasteiger partial charge in [-0.15, -0.1) is 0 Å². The van der Waals surface area contributed by atoms with Crippen molar-refractivity contribution in [3.8, 4) is 0 Å². The van der Waals surface area contributed by atoms with E-state index in [1.165, 1.54) is 52.2 Å². The van der Waals surface area contributed by atoms with Gasteiger partial charge in [-0.1, -0.05) is 48.0 Å². The fourth-order valence-corrected chi connectivity index (χ4v) is 3.93. The summed E-state index contributed by atoms with van der Waals surface area (Å²) in [7, 11) is 0. The molecule has 2 aliphatic rings. The second-order valence-corrected chi connectivity index (χ2v) is 7.73. The van der Waals surface area contributed by atoms with Crippen LogP contribution < -0.4 is 16.0 Å². The van der Waals surface area contributed by atoms with E-state index in [0.717, 1.165) is 6.54 Å². The van der Waals surface area contributed by atoms with Crippen molar-refractivity contribution >= 4 is 17.0 Å². The maximum Gasteiger partial charge on any atom is 0.0488 e. The summed E-state index contributed by atoms with van der Waals surface area (Å²) in [5.74, 6) is 0. The molecule has 1 aliphatic carbocycles. The molecule has 0 aromatic heterocycles. The van der Waals surface area contributed by atoms with Gasteiger partial charge in [-0.2, -0.15) is 0 Å². The highest BCUT2D eigenvalue weighted by Crippen LogP contribution is 2.41. The Labute approximate surface area is 162 Å². The SMILES string of the molecule is CC(=C1CC1)N1Cc2ccccc2/C(NC(C)CN)=C(/C)c2ccccc21. The molecule has 1 heterocycles. The summed E-state index contributed by atoms with van der Waals surface area (Å²) >= 11 is 0. The van der Waals surface area contributed by atoms with E-state index in [0.29, 0.717) is 6.54 Å². The van der Waals surface area contributed by atoms with Crippen molar-refractivity contribution in [2.75, 3.05) is 11.4 Å². The first kappa shape index (κ1) is 17.9. The van der Waals surface area contributed by atoms with Crippen molar-refractivity contribution in [3.63, 3.8) is 0 Å². The highest BCUT2D eigenvalue weighted by atomic mass is 15.1. The normalized spacial score (nSPS) is 19.6. The van der Waals surface area contributed by atoms with Gasteiger partial charge in [0.2, 0.25) is 0 Å². The van der Waals surface area contributed by atoms with E-state index in [1.54, 1.807) is 5.57 Å². The van der Waals surface area contributed by atoms with Gasteiger partial charge in [-0.25, -0.2) is 0 Å². The molecule has 3 N–H and O–H groups in total. The quantitative estimate of drug-likeness (QED) is 0.816. The number of fused-ring (bicyclic) bond motifs is 2. The molecular formula is C24H29N3. The van der Waals surface area contributed by atoms with Gasteiger partial charge in [0.25, 0.3) is 0 Å². The maximum atomic E-state index is 5.92. The van der Waals surface area contributed by atoms with Crippen LogP contribution in [-0.2, 0) is 6.54 Å². The smallest absolute Gasteiger partial charge is 0.0488 e. The van der Waals surface area contributed by atoms with E-state index in [1.807, 2.05) is 0 Å². The van der Waals surface area contributed by atoms with Crippen molar-refractivity contribution in [1.29, 1.82) is 0 Å². The van der Waals surface area contributed by atoms with Crippen molar-refractivity contribution in [2.45, 2.75) is 46.2 Å². The molecular weight excluding hydrogens is 330 g/mol. The Morgan fingerprint density at radius 2 is 1.74 bits per heavy atom. The third-order valence-electron chi connectivity index (χ3n) is 5.75. The number of benzene rings is 2. The van der Waals surface area contributed by atoms with E-state index in [2.05, 4.69) is 79.5 Å². The minimum absolute atomic E-state index is 0.223. The van der Waals surface area contributed by atoms with Crippen LogP contribution in [0.25, 0.3) is 11.3 Å². The summed E-state index contributed by atoms with van der Waals surface area (Å²) in [4.78, 5) is 2.50. The van der Waals surface area contributed by atoms with Crippen molar-refractivity contribution in [2.24, 2.45) is 5.73 Å². The topological polar surface area (TPSA) is 41.3 Å². The Kier molecular flexibility index (Phi) is 4.79. The molecule has 1 unspecified atom stereocenters. The molecule has 3 heteroatoms. The van der Waals surface area contributed by atoms with Gasteiger partial charge in [-0.3, -0.25) is 0 Å². The molecule has 1 atom stereocenters. The van der Waals surface area contributed by atoms with Crippen LogP contribution >= 0.6 is 0 Å². The molecule has 1 aliphatic heterocycles. The van der Waals surface area contributed by atoms with Crippen LogP contribution in [0.15, 0.2) is 59.8 Å². The van der Waals surface area contributed by atoms with Gasteiger partial charge in [0, 0.05) is 47.3 Å². The van der Waals surface area contributed by atoms with Crippen LogP contribution in [0.3, 0.4) is 0 Å². The fraction of sp³-hybridized carbons (Fsp3) is 0.333. The number of nitrogens with two attached hydrogens (primary N) is 1. The number of allylic oxidation sites excluding steroid dienone is 3. The first-order chi connectivity index (χ1) is 13.1. The lowest BCUT2D eigenvalue weighted by atomic mass is 9.92. The first-order valence-corrected chi connectivity index (χ1v) is 9.91. The Hall–Kier alpha value is -2.52. The van der Waals surface area contributed by atoms with Crippen LogP contribution in [0.1, 0.15) is 50.3 Å². The second kappa shape index (κ2) is 7.24.